The highest BCUT2D eigenvalue weighted by molar-refractivity contribution is 6.33. The van der Waals surface area contributed by atoms with Gasteiger partial charge in [0.25, 0.3) is 0 Å². The van der Waals surface area contributed by atoms with E-state index in [9.17, 15) is 27.2 Å². The van der Waals surface area contributed by atoms with Crippen molar-refractivity contribution in [2.45, 2.75) is 19.5 Å². The van der Waals surface area contributed by atoms with Gasteiger partial charge in [-0.3, -0.25) is 9.25 Å². The SMILES string of the molecule is Cn1cnc(Cn2c(=O)nc(Nc3cc4c(cc3Cl)OCC4)n(Cc3cc(F)c(F)c(F)c3F)c2=O)n1. The minimum atomic E-state index is -2.04. The third-order valence-electron chi connectivity index (χ3n) is 5.63. The molecule has 2 aromatic heterocycles. The Morgan fingerprint density at radius 1 is 1.05 bits per heavy atom. The summed E-state index contributed by atoms with van der Waals surface area (Å²) in [5.74, 6) is -7.13. The number of hydrogen-bond acceptors (Lipinski definition) is 7. The van der Waals surface area contributed by atoms with Gasteiger partial charge in [0.05, 0.1) is 30.4 Å². The third kappa shape index (κ3) is 4.55. The van der Waals surface area contributed by atoms with Crippen LogP contribution < -0.4 is 21.4 Å². The molecule has 0 fully saturated rings. The highest BCUT2D eigenvalue weighted by atomic mass is 35.5. The van der Waals surface area contributed by atoms with Crippen molar-refractivity contribution in [3.8, 4) is 5.75 Å². The molecule has 1 aliphatic heterocycles. The van der Waals surface area contributed by atoms with Crippen molar-refractivity contribution in [3.05, 3.63) is 90.7 Å². The van der Waals surface area contributed by atoms with Crippen molar-refractivity contribution < 1.29 is 22.3 Å². The number of halogens is 5. The van der Waals surface area contributed by atoms with Crippen LogP contribution in [-0.2, 0) is 26.6 Å². The first kappa shape index (κ1) is 24.5. The molecule has 5 rings (SSSR count). The lowest BCUT2D eigenvalue weighted by molar-refractivity contribution is 0.357. The number of rotatable bonds is 6. The molecule has 10 nitrogen and oxygen atoms in total. The molecule has 4 aromatic rings. The highest BCUT2D eigenvalue weighted by Crippen LogP contribution is 2.35. The molecule has 192 valence electrons. The van der Waals surface area contributed by atoms with E-state index in [1.807, 2.05) is 0 Å². The summed E-state index contributed by atoms with van der Waals surface area (Å²) in [6.07, 6.45) is 1.93. The van der Waals surface area contributed by atoms with Gasteiger partial charge in [0.2, 0.25) is 5.95 Å². The molecular formula is C22H16ClF4N7O3. The first-order chi connectivity index (χ1) is 17.6. The van der Waals surface area contributed by atoms with Crippen LogP contribution in [0.1, 0.15) is 17.0 Å². The van der Waals surface area contributed by atoms with Gasteiger partial charge in [-0.05, 0) is 17.7 Å². The van der Waals surface area contributed by atoms with Gasteiger partial charge in [-0.15, -0.1) is 0 Å². The Labute approximate surface area is 209 Å². The fourth-order valence-corrected chi connectivity index (χ4v) is 4.03. The van der Waals surface area contributed by atoms with Gasteiger partial charge in [0.1, 0.15) is 12.1 Å². The summed E-state index contributed by atoms with van der Waals surface area (Å²) in [7, 11) is 1.58. The van der Waals surface area contributed by atoms with Crippen LogP contribution in [0.25, 0.3) is 0 Å². The Hall–Kier alpha value is -4.20. The van der Waals surface area contributed by atoms with E-state index in [-0.39, 0.29) is 16.5 Å². The van der Waals surface area contributed by atoms with Crippen LogP contribution in [0.15, 0.2) is 34.1 Å². The molecule has 0 radical (unpaired) electrons. The van der Waals surface area contributed by atoms with E-state index >= 15 is 0 Å². The quantitative estimate of drug-likeness (QED) is 0.229. The van der Waals surface area contributed by atoms with Crippen LogP contribution in [0.2, 0.25) is 5.02 Å². The Morgan fingerprint density at radius 2 is 1.84 bits per heavy atom. The largest absolute Gasteiger partial charge is 0.493 e. The zero-order valence-electron chi connectivity index (χ0n) is 18.9. The van der Waals surface area contributed by atoms with E-state index in [0.29, 0.717) is 29.4 Å². The van der Waals surface area contributed by atoms with E-state index < -0.39 is 59.2 Å². The number of anilines is 2. The minimum absolute atomic E-state index is 0.0995. The maximum Gasteiger partial charge on any atom is 0.355 e. The normalized spacial score (nSPS) is 12.5. The molecule has 0 atom stereocenters. The van der Waals surface area contributed by atoms with Crippen LogP contribution in [0.5, 0.6) is 5.75 Å². The number of nitrogens with zero attached hydrogens (tertiary/aromatic N) is 6. The van der Waals surface area contributed by atoms with Crippen LogP contribution >= 0.6 is 11.6 Å². The molecule has 0 aliphatic carbocycles. The molecule has 0 saturated heterocycles. The van der Waals surface area contributed by atoms with Crippen LogP contribution in [0.4, 0.5) is 29.2 Å². The summed E-state index contributed by atoms with van der Waals surface area (Å²) in [4.78, 5) is 34.0. The van der Waals surface area contributed by atoms with E-state index in [4.69, 9.17) is 16.3 Å². The predicted molar refractivity (Wildman–Crippen MR) is 122 cm³/mol. The lowest BCUT2D eigenvalue weighted by Crippen LogP contribution is -2.43. The molecule has 15 heteroatoms. The summed E-state index contributed by atoms with van der Waals surface area (Å²) < 4.78 is 64.0. The maximum absolute atomic E-state index is 14.5. The summed E-state index contributed by atoms with van der Waals surface area (Å²) in [5.41, 5.74) is -1.69. The second-order valence-corrected chi connectivity index (χ2v) is 8.54. The number of aryl methyl sites for hydroxylation is 1. The van der Waals surface area contributed by atoms with Gasteiger partial charge in [-0.2, -0.15) is 10.1 Å². The number of nitrogens with one attached hydrogen (secondary N) is 1. The van der Waals surface area contributed by atoms with Gasteiger partial charge >= 0.3 is 11.4 Å². The lowest BCUT2D eigenvalue weighted by Gasteiger charge is -2.17. The Morgan fingerprint density at radius 3 is 2.57 bits per heavy atom. The zero-order chi connectivity index (χ0) is 26.4. The van der Waals surface area contributed by atoms with Crippen molar-refractivity contribution in [2.24, 2.45) is 7.05 Å². The van der Waals surface area contributed by atoms with Crippen LogP contribution in [0.3, 0.4) is 0 Å². The average molecular weight is 538 g/mol. The van der Waals surface area contributed by atoms with Crippen LogP contribution in [0, 0.1) is 23.3 Å². The molecular weight excluding hydrogens is 522 g/mol. The third-order valence-corrected chi connectivity index (χ3v) is 5.94. The summed E-state index contributed by atoms with van der Waals surface area (Å²) >= 11 is 6.31. The monoisotopic (exact) mass is 537 g/mol. The second kappa shape index (κ2) is 9.35. The first-order valence-corrected chi connectivity index (χ1v) is 11.1. The molecule has 0 bridgehead atoms. The molecule has 0 spiro atoms. The topological polar surface area (TPSA) is 109 Å². The van der Waals surface area contributed by atoms with E-state index in [0.717, 1.165) is 10.1 Å². The number of hydrogen-bond donors (Lipinski definition) is 1. The Kier molecular flexibility index (Phi) is 6.19. The van der Waals surface area contributed by atoms with Gasteiger partial charge in [-0.25, -0.2) is 36.7 Å². The molecule has 1 aliphatic rings. The molecule has 37 heavy (non-hydrogen) atoms. The number of fused-ring (bicyclic) bond motifs is 1. The summed E-state index contributed by atoms with van der Waals surface area (Å²) in [6, 6.07) is 3.58. The molecule has 0 unspecified atom stereocenters. The lowest BCUT2D eigenvalue weighted by atomic mass is 10.1. The molecule has 3 heterocycles. The van der Waals surface area contributed by atoms with E-state index in [1.54, 1.807) is 13.1 Å². The second-order valence-electron chi connectivity index (χ2n) is 8.13. The predicted octanol–water partition coefficient (Wildman–Crippen LogP) is 2.52. The zero-order valence-corrected chi connectivity index (χ0v) is 19.7. The van der Waals surface area contributed by atoms with Crippen molar-refractivity contribution >= 4 is 23.2 Å². The van der Waals surface area contributed by atoms with Crippen molar-refractivity contribution in [1.82, 2.24) is 28.9 Å². The van der Waals surface area contributed by atoms with Crippen LogP contribution in [-0.4, -0.2) is 35.5 Å². The van der Waals surface area contributed by atoms with Gasteiger partial charge in [-0.1, -0.05) is 11.6 Å². The molecule has 0 amide bonds. The fourth-order valence-electron chi connectivity index (χ4n) is 3.82. The smallest absolute Gasteiger partial charge is 0.355 e. The Balaban J connectivity index is 1.64. The van der Waals surface area contributed by atoms with Crippen molar-refractivity contribution in [1.29, 1.82) is 0 Å². The standard InChI is InChI=1S/C22H16ClF4N7O3/c1-32-9-28-16(31-32)8-34-21(35)30-20(29-14-5-10-2-3-37-15(10)6-12(14)23)33(22(34)36)7-11-4-13(24)18(26)19(27)17(11)25/h4-6,9H,2-3,7-8H2,1H3,(H,29,30,35). The van der Waals surface area contributed by atoms with E-state index in [2.05, 4.69) is 20.4 Å². The van der Waals surface area contributed by atoms with Gasteiger partial charge in [0.15, 0.2) is 29.1 Å². The molecule has 0 saturated carbocycles. The summed E-state index contributed by atoms with van der Waals surface area (Å²) in [6.45, 7) is -0.760. The number of ether oxygens (including phenoxy) is 1. The van der Waals surface area contributed by atoms with Gasteiger partial charge in [0, 0.05) is 25.1 Å². The minimum Gasteiger partial charge on any atom is -0.493 e. The number of aromatic nitrogens is 6. The Bertz CT molecular complexity index is 1670. The highest BCUT2D eigenvalue weighted by Gasteiger charge is 2.23. The van der Waals surface area contributed by atoms with Crippen molar-refractivity contribution in [2.75, 3.05) is 11.9 Å². The maximum atomic E-state index is 14.5. The van der Waals surface area contributed by atoms with Gasteiger partial charge < -0.3 is 10.1 Å². The summed E-state index contributed by atoms with van der Waals surface area (Å²) in [5, 5.41) is 6.93. The average Bonchev–Trinajstić information content (AvgIpc) is 3.49. The first-order valence-electron chi connectivity index (χ1n) is 10.7. The molecule has 2 aromatic carbocycles. The van der Waals surface area contributed by atoms with Crippen molar-refractivity contribution in [3.63, 3.8) is 0 Å². The van der Waals surface area contributed by atoms with E-state index in [1.165, 1.54) is 17.1 Å². The molecule has 1 N–H and O–H groups in total. The number of benzene rings is 2. The fraction of sp³-hybridized carbons (Fsp3) is 0.227.